The number of aromatic nitrogens is 2. The number of hydrogen-bond acceptors (Lipinski definition) is 3. The van der Waals surface area contributed by atoms with Gasteiger partial charge in [-0.1, -0.05) is 12.1 Å². The van der Waals surface area contributed by atoms with Gasteiger partial charge in [0.25, 0.3) is 5.91 Å². The molecule has 4 N–H and O–H groups in total. The van der Waals surface area contributed by atoms with Crippen molar-refractivity contribution in [1.29, 1.82) is 0 Å². The van der Waals surface area contributed by atoms with Gasteiger partial charge in [-0.15, -0.1) is 0 Å². The van der Waals surface area contributed by atoms with Gasteiger partial charge in [0.15, 0.2) is 0 Å². The molecule has 0 spiro atoms. The van der Waals surface area contributed by atoms with Gasteiger partial charge < -0.3 is 11.1 Å². The number of anilines is 2. The van der Waals surface area contributed by atoms with Crippen LogP contribution in [0.1, 0.15) is 21.5 Å². The van der Waals surface area contributed by atoms with E-state index in [0.717, 1.165) is 11.1 Å². The highest BCUT2D eigenvalue weighted by molar-refractivity contribution is 6.07. The lowest BCUT2D eigenvalue weighted by Crippen LogP contribution is -2.15. The van der Waals surface area contributed by atoms with Gasteiger partial charge in [0, 0.05) is 11.3 Å². The van der Waals surface area contributed by atoms with Gasteiger partial charge in [-0.25, -0.2) is 0 Å². The quantitative estimate of drug-likeness (QED) is 0.688. The van der Waals surface area contributed by atoms with Crippen molar-refractivity contribution in [3.8, 4) is 0 Å². The standard InChI is InChI=1S/C12H14N4O/c1-7-4-3-5-9(10(7)13)12(17)15-11-8(2)6-14-16-11/h3-6H,13H2,1-2H3,(H2,14,15,16,17). The molecule has 0 saturated carbocycles. The lowest BCUT2D eigenvalue weighted by molar-refractivity contribution is 0.102. The van der Waals surface area contributed by atoms with E-state index in [-0.39, 0.29) is 5.91 Å². The summed E-state index contributed by atoms with van der Waals surface area (Å²) in [6.07, 6.45) is 1.65. The van der Waals surface area contributed by atoms with Gasteiger partial charge in [-0.05, 0) is 25.5 Å². The van der Waals surface area contributed by atoms with Gasteiger partial charge in [-0.2, -0.15) is 5.10 Å². The van der Waals surface area contributed by atoms with Crippen LogP contribution in [0.2, 0.25) is 0 Å². The van der Waals surface area contributed by atoms with Crippen molar-refractivity contribution in [3.05, 3.63) is 41.1 Å². The Bertz CT molecular complexity index is 559. The number of carbonyl (C=O) groups is 1. The summed E-state index contributed by atoms with van der Waals surface area (Å²) in [5, 5.41) is 9.29. The molecule has 2 aromatic rings. The lowest BCUT2D eigenvalue weighted by atomic mass is 10.1. The molecule has 0 aliphatic rings. The summed E-state index contributed by atoms with van der Waals surface area (Å²) < 4.78 is 0. The molecular weight excluding hydrogens is 216 g/mol. The predicted octanol–water partition coefficient (Wildman–Crippen LogP) is 1.86. The number of hydrogen-bond donors (Lipinski definition) is 3. The van der Waals surface area contributed by atoms with Gasteiger partial charge in [0.1, 0.15) is 5.82 Å². The highest BCUT2D eigenvalue weighted by Crippen LogP contribution is 2.18. The first-order valence-corrected chi connectivity index (χ1v) is 5.26. The summed E-state index contributed by atoms with van der Waals surface area (Å²) in [5.41, 5.74) is 8.60. The average molecular weight is 230 g/mol. The molecule has 0 unspecified atom stereocenters. The van der Waals surface area contributed by atoms with Crippen LogP contribution in [0.5, 0.6) is 0 Å². The highest BCUT2D eigenvalue weighted by Gasteiger charge is 2.12. The van der Waals surface area contributed by atoms with Crippen LogP contribution in [-0.2, 0) is 0 Å². The highest BCUT2D eigenvalue weighted by atomic mass is 16.1. The van der Waals surface area contributed by atoms with Crippen molar-refractivity contribution in [2.24, 2.45) is 0 Å². The molecule has 0 saturated heterocycles. The molecule has 0 aliphatic heterocycles. The topological polar surface area (TPSA) is 83.8 Å². The molecule has 2 rings (SSSR count). The molecule has 0 fully saturated rings. The number of H-pyrrole nitrogens is 1. The molecule has 1 amide bonds. The fourth-order valence-corrected chi connectivity index (χ4v) is 1.53. The number of aryl methyl sites for hydroxylation is 2. The first-order valence-electron chi connectivity index (χ1n) is 5.26. The van der Waals surface area contributed by atoms with Crippen LogP contribution in [0, 0.1) is 13.8 Å². The maximum atomic E-state index is 12.0. The Balaban J connectivity index is 2.27. The molecule has 17 heavy (non-hydrogen) atoms. The van der Waals surface area contributed by atoms with Crippen LogP contribution in [-0.4, -0.2) is 16.1 Å². The van der Waals surface area contributed by atoms with Gasteiger partial charge in [0.05, 0.1) is 11.8 Å². The fourth-order valence-electron chi connectivity index (χ4n) is 1.53. The second-order valence-corrected chi connectivity index (χ2v) is 3.92. The molecule has 88 valence electrons. The summed E-state index contributed by atoms with van der Waals surface area (Å²) >= 11 is 0. The Morgan fingerprint density at radius 2 is 2.12 bits per heavy atom. The summed E-state index contributed by atoms with van der Waals surface area (Å²) in [7, 11) is 0. The summed E-state index contributed by atoms with van der Waals surface area (Å²) in [5.74, 6) is 0.356. The Morgan fingerprint density at radius 1 is 1.35 bits per heavy atom. The Kier molecular flexibility index (Phi) is 2.82. The van der Waals surface area contributed by atoms with E-state index in [9.17, 15) is 4.79 Å². The van der Waals surface area contributed by atoms with E-state index < -0.39 is 0 Å². The van der Waals surface area contributed by atoms with Crippen LogP contribution in [0.25, 0.3) is 0 Å². The van der Waals surface area contributed by atoms with E-state index in [1.54, 1.807) is 18.3 Å². The number of nitrogens with zero attached hydrogens (tertiary/aromatic N) is 1. The minimum atomic E-state index is -0.237. The van der Waals surface area contributed by atoms with Crippen LogP contribution < -0.4 is 11.1 Å². The Morgan fingerprint density at radius 3 is 2.76 bits per heavy atom. The zero-order chi connectivity index (χ0) is 12.4. The van der Waals surface area contributed by atoms with E-state index in [0.29, 0.717) is 17.1 Å². The molecule has 0 aliphatic carbocycles. The number of nitrogens with one attached hydrogen (secondary N) is 2. The molecule has 1 heterocycles. The second kappa shape index (κ2) is 4.29. The molecule has 0 atom stereocenters. The average Bonchev–Trinajstić information content (AvgIpc) is 2.68. The van der Waals surface area contributed by atoms with Gasteiger partial charge >= 0.3 is 0 Å². The van der Waals surface area contributed by atoms with Gasteiger partial charge in [0.2, 0.25) is 0 Å². The molecule has 1 aromatic carbocycles. The third-order valence-corrected chi connectivity index (χ3v) is 2.64. The first-order chi connectivity index (χ1) is 8.09. The van der Waals surface area contributed by atoms with E-state index in [1.165, 1.54) is 0 Å². The van der Waals surface area contributed by atoms with Crippen molar-refractivity contribution in [2.45, 2.75) is 13.8 Å². The summed E-state index contributed by atoms with van der Waals surface area (Å²) in [6, 6.07) is 5.37. The number of para-hydroxylation sites is 1. The molecule has 5 heteroatoms. The van der Waals surface area contributed by atoms with Crippen molar-refractivity contribution in [1.82, 2.24) is 10.2 Å². The predicted molar refractivity (Wildman–Crippen MR) is 66.9 cm³/mol. The monoisotopic (exact) mass is 230 g/mol. The van der Waals surface area contributed by atoms with Crippen LogP contribution in [0.15, 0.2) is 24.4 Å². The molecule has 0 bridgehead atoms. The fraction of sp³-hybridized carbons (Fsp3) is 0.167. The Labute approximate surface area is 99.0 Å². The largest absolute Gasteiger partial charge is 0.398 e. The lowest BCUT2D eigenvalue weighted by Gasteiger charge is -2.08. The number of carbonyl (C=O) groups excluding carboxylic acids is 1. The third-order valence-electron chi connectivity index (χ3n) is 2.64. The minimum absolute atomic E-state index is 0.237. The summed E-state index contributed by atoms with van der Waals surface area (Å²) in [4.78, 5) is 12.0. The molecule has 1 aromatic heterocycles. The van der Waals surface area contributed by atoms with E-state index in [1.807, 2.05) is 19.9 Å². The molecular formula is C12H14N4O. The van der Waals surface area contributed by atoms with Crippen LogP contribution in [0.3, 0.4) is 0 Å². The zero-order valence-electron chi connectivity index (χ0n) is 9.74. The molecule has 0 radical (unpaired) electrons. The third kappa shape index (κ3) is 2.13. The van der Waals surface area contributed by atoms with Crippen LogP contribution in [0.4, 0.5) is 11.5 Å². The first kappa shape index (κ1) is 11.2. The van der Waals surface area contributed by atoms with Crippen molar-refractivity contribution in [3.63, 3.8) is 0 Å². The second-order valence-electron chi connectivity index (χ2n) is 3.92. The number of rotatable bonds is 2. The zero-order valence-corrected chi connectivity index (χ0v) is 9.74. The number of benzene rings is 1. The maximum Gasteiger partial charge on any atom is 0.258 e. The number of nitrogens with two attached hydrogens (primary N) is 1. The number of nitrogen functional groups attached to an aromatic ring is 1. The van der Waals surface area contributed by atoms with E-state index in [4.69, 9.17) is 5.73 Å². The Hall–Kier alpha value is -2.30. The minimum Gasteiger partial charge on any atom is -0.398 e. The van der Waals surface area contributed by atoms with Crippen molar-refractivity contribution < 1.29 is 4.79 Å². The van der Waals surface area contributed by atoms with E-state index in [2.05, 4.69) is 15.5 Å². The summed E-state index contributed by atoms with van der Waals surface area (Å²) in [6.45, 7) is 3.73. The van der Waals surface area contributed by atoms with Crippen molar-refractivity contribution in [2.75, 3.05) is 11.1 Å². The van der Waals surface area contributed by atoms with E-state index >= 15 is 0 Å². The van der Waals surface area contributed by atoms with Crippen molar-refractivity contribution >= 4 is 17.4 Å². The molecule has 5 nitrogen and oxygen atoms in total. The normalized spacial score (nSPS) is 10.2. The van der Waals surface area contributed by atoms with Crippen LogP contribution >= 0.6 is 0 Å². The number of aromatic amines is 1. The SMILES string of the molecule is Cc1cn[nH]c1NC(=O)c1cccc(C)c1N. The number of amides is 1. The maximum absolute atomic E-state index is 12.0. The van der Waals surface area contributed by atoms with Gasteiger partial charge in [-0.3, -0.25) is 9.89 Å². The smallest absolute Gasteiger partial charge is 0.258 e.